The van der Waals surface area contributed by atoms with E-state index in [9.17, 15) is 19.2 Å². The van der Waals surface area contributed by atoms with E-state index in [1.165, 1.54) is 27.8 Å². The predicted octanol–water partition coefficient (Wildman–Crippen LogP) is 4.22. The van der Waals surface area contributed by atoms with Crippen LogP contribution in [0, 0.1) is 0 Å². The highest BCUT2D eigenvalue weighted by atomic mass is 33.1. The molecule has 5 fully saturated rings. The monoisotopic (exact) mass is 640 g/mol. The van der Waals surface area contributed by atoms with Gasteiger partial charge in [0.25, 0.3) is 11.8 Å². The van der Waals surface area contributed by atoms with Crippen LogP contribution in [0.3, 0.4) is 0 Å². The summed E-state index contributed by atoms with van der Waals surface area (Å²) in [5, 5.41) is 0. The van der Waals surface area contributed by atoms with Crippen molar-refractivity contribution in [2.75, 3.05) is 0 Å². The molecular weight excluding hydrogens is 613 g/mol. The second-order valence-corrected chi connectivity index (χ2v) is 14.5. The highest BCUT2D eigenvalue weighted by Crippen LogP contribution is 2.69. The minimum Gasteiger partial charge on any atom is -0.473 e. The summed E-state index contributed by atoms with van der Waals surface area (Å²) in [6, 6.07) is 17.4. The van der Waals surface area contributed by atoms with E-state index in [1.54, 1.807) is 28.2 Å². The van der Waals surface area contributed by atoms with Crippen molar-refractivity contribution in [1.29, 1.82) is 0 Å². The van der Waals surface area contributed by atoms with Crippen LogP contribution in [-0.2, 0) is 46.2 Å². The fourth-order valence-electron chi connectivity index (χ4n) is 7.23. The summed E-state index contributed by atoms with van der Waals surface area (Å²) >= 11 is 0. The molecule has 0 saturated carbocycles. The third-order valence-electron chi connectivity index (χ3n) is 9.12. The summed E-state index contributed by atoms with van der Waals surface area (Å²) in [7, 11) is 2.78. The van der Waals surface area contributed by atoms with Crippen molar-refractivity contribution < 1.29 is 33.4 Å². The molecule has 9 nitrogen and oxygen atoms in total. The minimum absolute atomic E-state index is 0.0748. The Bertz CT molecular complexity index is 1720. The Labute approximate surface area is 267 Å². The van der Waals surface area contributed by atoms with Crippen LogP contribution in [0.1, 0.15) is 24.0 Å². The summed E-state index contributed by atoms with van der Waals surface area (Å²) in [6.07, 6.45) is 9.32. The number of amides is 2. The van der Waals surface area contributed by atoms with Gasteiger partial charge in [-0.3, -0.25) is 19.2 Å². The van der Waals surface area contributed by atoms with Crippen molar-refractivity contribution in [2.24, 2.45) is 0 Å². The highest BCUT2D eigenvalue weighted by molar-refractivity contribution is 8.78. The number of carbonyl (C=O) groups is 4. The number of carbonyl (C=O) groups excluding carboxylic acids is 4. The third kappa shape index (κ3) is 4.39. The standard InChI is InChI=1S/C34H28N2O7S2/c37-27(16-21-8-3-1-4-9-21)42-25-13-7-12-23-18-33-31(39)36-30-24(19-34(36,45-44-33)32(40)35(33)29(23)25)20-41-15-14-26(30)43-28(38)17-22-10-5-2-6-11-22/h1-15,20,25-26,29-30H,16-19H2. The Morgan fingerprint density at radius 3 is 1.84 bits per heavy atom. The Balaban J connectivity index is 1.09. The molecule has 228 valence electrons. The van der Waals surface area contributed by atoms with E-state index < -0.39 is 46.0 Å². The molecular formula is C34H28N2O7S2. The molecule has 0 N–H and O–H groups in total. The van der Waals surface area contributed by atoms with E-state index in [1.807, 2.05) is 72.8 Å². The maximum absolute atomic E-state index is 14.7. The van der Waals surface area contributed by atoms with Crippen LogP contribution in [0.25, 0.3) is 0 Å². The van der Waals surface area contributed by atoms with Crippen LogP contribution in [-0.4, -0.2) is 67.6 Å². The molecule has 2 spiro atoms. The van der Waals surface area contributed by atoms with Gasteiger partial charge in [0.15, 0.2) is 9.74 Å². The fourth-order valence-corrected chi connectivity index (χ4v) is 10.9. The number of nitrogens with zero attached hydrogens (tertiary/aromatic N) is 2. The van der Waals surface area contributed by atoms with Gasteiger partial charge in [-0.2, -0.15) is 0 Å². The van der Waals surface area contributed by atoms with Gasteiger partial charge in [0, 0.05) is 12.8 Å². The van der Waals surface area contributed by atoms with Crippen LogP contribution < -0.4 is 0 Å². The first-order valence-electron chi connectivity index (χ1n) is 14.8. The summed E-state index contributed by atoms with van der Waals surface area (Å²) in [5.74, 6) is -1.28. The summed E-state index contributed by atoms with van der Waals surface area (Å²) < 4.78 is 17.6. The van der Waals surface area contributed by atoms with Gasteiger partial charge in [-0.05, 0) is 34.4 Å². The first-order valence-corrected chi connectivity index (χ1v) is 16.9. The molecule has 2 bridgehead atoms. The molecule has 6 aliphatic heterocycles. The number of benzene rings is 2. The van der Waals surface area contributed by atoms with E-state index in [2.05, 4.69) is 0 Å². The van der Waals surface area contributed by atoms with E-state index in [4.69, 9.17) is 14.2 Å². The molecule has 7 aliphatic rings. The Hall–Kier alpha value is -4.22. The van der Waals surface area contributed by atoms with Gasteiger partial charge in [-0.1, -0.05) is 94.4 Å². The average molecular weight is 641 g/mol. The zero-order chi connectivity index (χ0) is 30.8. The van der Waals surface area contributed by atoms with Crippen LogP contribution in [0.4, 0.5) is 0 Å². The number of ether oxygens (including phenoxy) is 3. The van der Waals surface area contributed by atoms with Gasteiger partial charge in [0.1, 0.15) is 12.2 Å². The number of esters is 2. The Morgan fingerprint density at radius 2 is 1.27 bits per heavy atom. The predicted molar refractivity (Wildman–Crippen MR) is 167 cm³/mol. The molecule has 6 atom stereocenters. The number of fused-ring (bicyclic) bond motifs is 3. The molecule has 0 radical (unpaired) electrons. The first-order chi connectivity index (χ1) is 21.9. The van der Waals surface area contributed by atoms with E-state index >= 15 is 0 Å². The lowest BCUT2D eigenvalue weighted by molar-refractivity contribution is -0.172. The third-order valence-corrected chi connectivity index (χ3v) is 12.7. The van der Waals surface area contributed by atoms with Crippen LogP contribution >= 0.6 is 21.6 Å². The number of allylic oxidation sites excluding steroid dienone is 2. The maximum atomic E-state index is 14.7. The summed E-state index contributed by atoms with van der Waals surface area (Å²) in [5.41, 5.74) is 3.22. The van der Waals surface area contributed by atoms with Crippen molar-refractivity contribution in [2.45, 2.75) is 59.7 Å². The van der Waals surface area contributed by atoms with Gasteiger partial charge in [-0.25, -0.2) is 0 Å². The zero-order valence-electron chi connectivity index (χ0n) is 23.9. The van der Waals surface area contributed by atoms with Crippen LogP contribution in [0.2, 0.25) is 0 Å². The van der Waals surface area contributed by atoms with Crippen molar-refractivity contribution >= 4 is 45.3 Å². The quantitative estimate of drug-likeness (QED) is 0.339. The summed E-state index contributed by atoms with van der Waals surface area (Å²) in [4.78, 5) is 56.4. The van der Waals surface area contributed by atoms with Gasteiger partial charge < -0.3 is 24.0 Å². The van der Waals surface area contributed by atoms with Crippen molar-refractivity contribution in [3.8, 4) is 0 Å². The first kappa shape index (κ1) is 28.3. The van der Waals surface area contributed by atoms with Crippen LogP contribution in [0.5, 0.6) is 0 Å². The molecule has 2 aromatic rings. The zero-order valence-corrected chi connectivity index (χ0v) is 25.6. The number of hydrogen-bond acceptors (Lipinski definition) is 9. The van der Waals surface area contributed by atoms with Crippen molar-refractivity contribution in [3.05, 3.63) is 120 Å². The number of rotatable bonds is 6. The molecule has 2 aromatic carbocycles. The lowest BCUT2D eigenvalue weighted by atomic mass is 9.96. The van der Waals surface area contributed by atoms with E-state index in [0.717, 1.165) is 16.7 Å². The minimum atomic E-state index is -1.26. The Morgan fingerprint density at radius 1 is 0.756 bits per heavy atom. The second-order valence-electron chi connectivity index (χ2n) is 11.8. The topological polar surface area (TPSA) is 102 Å². The van der Waals surface area contributed by atoms with Crippen molar-refractivity contribution in [3.63, 3.8) is 0 Å². The molecule has 2 amide bonds. The van der Waals surface area contributed by atoms with Gasteiger partial charge in [0.05, 0.1) is 37.4 Å². The number of hydrogen-bond donors (Lipinski definition) is 0. The second kappa shape index (κ2) is 10.7. The van der Waals surface area contributed by atoms with Gasteiger partial charge in [-0.15, -0.1) is 0 Å². The largest absolute Gasteiger partial charge is 0.473 e. The number of piperazine rings is 1. The van der Waals surface area contributed by atoms with E-state index in [0.29, 0.717) is 12.0 Å². The Kier molecular flexibility index (Phi) is 6.72. The lowest BCUT2D eigenvalue weighted by Gasteiger charge is -2.58. The van der Waals surface area contributed by atoms with Crippen molar-refractivity contribution in [1.82, 2.24) is 9.80 Å². The average Bonchev–Trinajstić information content (AvgIpc) is 3.50. The molecule has 45 heavy (non-hydrogen) atoms. The summed E-state index contributed by atoms with van der Waals surface area (Å²) in [6.45, 7) is 0. The van der Waals surface area contributed by atoms with Gasteiger partial charge >= 0.3 is 11.9 Å². The molecule has 0 aromatic heterocycles. The molecule has 1 aliphatic carbocycles. The smallest absolute Gasteiger partial charge is 0.310 e. The molecule has 6 heterocycles. The normalized spacial score (nSPS) is 32.0. The van der Waals surface area contributed by atoms with Gasteiger partial charge in [0.2, 0.25) is 0 Å². The van der Waals surface area contributed by atoms with E-state index in [-0.39, 0.29) is 31.1 Å². The van der Waals surface area contributed by atoms with Crippen LogP contribution in [0.15, 0.2) is 109 Å². The highest BCUT2D eigenvalue weighted by Gasteiger charge is 2.77. The molecule has 5 saturated heterocycles. The molecule has 9 rings (SSSR count). The lowest BCUT2D eigenvalue weighted by Crippen LogP contribution is -2.77. The fraction of sp³-hybridized carbons (Fsp3) is 0.294. The molecule has 6 unspecified atom stereocenters. The molecule has 11 heteroatoms. The SMILES string of the molecule is O=C(Cc1ccccc1)OC1C=CC=C2CC34SSC5(CC6=COC=CC(OC(=O)Cc7ccccc7)C6N5C3=O)C(=O)N4C21. The maximum Gasteiger partial charge on any atom is 0.310 e.